The Morgan fingerprint density at radius 1 is 1.04 bits per heavy atom. The summed E-state index contributed by atoms with van der Waals surface area (Å²) in [7, 11) is 3.05. The van der Waals surface area contributed by atoms with Gasteiger partial charge in [0.25, 0.3) is 5.91 Å². The molecule has 138 valence electrons. The van der Waals surface area contributed by atoms with Crippen molar-refractivity contribution in [3.05, 3.63) is 35.4 Å². The van der Waals surface area contributed by atoms with Gasteiger partial charge in [0, 0.05) is 24.7 Å². The lowest BCUT2D eigenvalue weighted by atomic mass is 9.87. The van der Waals surface area contributed by atoms with Gasteiger partial charge >= 0.3 is 0 Å². The zero-order valence-electron chi connectivity index (χ0n) is 15.9. The predicted octanol–water partition coefficient (Wildman–Crippen LogP) is 2.54. The second-order valence-electron chi connectivity index (χ2n) is 6.69. The third kappa shape index (κ3) is 6.49. The van der Waals surface area contributed by atoms with Gasteiger partial charge in [0.05, 0.1) is 14.2 Å². The van der Waals surface area contributed by atoms with E-state index in [9.17, 15) is 9.59 Å². The monoisotopic (exact) mass is 348 g/mol. The van der Waals surface area contributed by atoms with Crippen molar-refractivity contribution in [3.63, 3.8) is 0 Å². The van der Waals surface area contributed by atoms with Crippen LogP contribution in [-0.2, 0) is 4.79 Å². The normalized spacial score (nSPS) is 11.7. The fraction of sp³-hybridized carbons (Fsp3) is 0.474. The van der Waals surface area contributed by atoms with E-state index < -0.39 is 0 Å². The molecule has 1 rings (SSSR count). The summed E-state index contributed by atoms with van der Waals surface area (Å²) >= 11 is 0. The van der Waals surface area contributed by atoms with Crippen molar-refractivity contribution >= 4 is 11.8 Å². The van der Waals surface area contributed by atoms with Gasteiger partial charge in [-0.25, -0.2) is 0 Å². The highest BCUT2D eigenvalue weighted by atomic mass is 16.5. The Labute approximate surface area is 149 Å². The number of carbonyl (C=O) groups excluding carboxylic acids is 2. The Bertz CT molecular complexity index is 645. The van der Waals surface area contributed by atoms with Gasteiger partial charge in [0.2, 0.25) is 5.91 Å². The number of amides is 2. The van der Waals surface area contributed by atoms with Crippen LogP contribution < -0.4 is 20.1 Å². The van der Waals surface area contributed by atoms with E-state index in [4.69, 9.17) is 9.47 Å². The number of nitrogens with one attached hydrogen (secondary N) is 2. The van der Waals surface area contributed by atoms with E-state index in [0.717, 1.165) is 5.57 Å². The number of ether oxygens (including phenoxy) is 2. The molecule has 1 aromatic rings. The number of hydrogen-bond acceptors (Lipinski definition) is 4. The third-order valence-electron chi connectivity index (χ3n) is 3.89. The second-order valence-corrected chi connectivity index (χ2v) is 6.69. The number of rotatable bonds is 7. The summed E-state index contributed by atoms with van der Waals surface area (Å²) in [5.74, 6) is 0.656. The predicted molar refractivity (Wildman–Crippen MR) is 98.1 cm³/mol. The lowest BCUT2D eigenvalue weighted by molar-refractivity contribution is -0.116. The van der Waals surface area contributed by atoms with Gasteiger partial charge in [-0.1, -0.05) is 26.3 Å². The lowest BCUT2D eigenvalue weighted by Crippen LogP contribution is -2.34. The third-order valence-corrected chi connectivity index (χ3v) is 3.89. The first-order valence-electron chi connectivity index (χ1n) is 8.16. The number of benzene rings is 1. The Balaban J connectivity index is 2.49. The van der Waals surface area contributed by atoms with Crippen LogP contribution >= 0.6 is 0 Å². The molecule has 0 saturated carbocycles. The summed E-state index contributed by atoms with van der Waals surface area (Å²) in [4.78, 5) is 24.0. The van der Waals surface area contributed by atoms with Gasteiger partial charge in [-0.05, 0) is 30.5 Å². The molecule has 25 heavy (non-hydrogen) atoms. The second kappa shape index (κ2) is 9.11. The maximum Gasteiger partial charge on any atom is 0.251 e. The maximum absolute atomic E-state index is 12.1. The molecule has 2 N–H and O–H groups in total. The van der Waals surface area contributed by atoms with E-state index in [2.05, 4.69) is 31.4 Å². The standard InChI is InChI=1S/C19H28N2O4/c1-13(19(2,3)4)11-17(22)20-9-10-21-18(23)14-7-8-15(24-5)16(12-14)25-6/h7-8,11-12H,9-10H2,1-6H3,(H,20,22)(H,21,23)/b13-11+. The highest BCUT2D eigenvalue weighted by molar-refractivity contribution is 5.95. The number of hydrogen-bond donors (Lipinski definition) is 2. The molecule has 6 heteroatoms. The minimum atomic E-state index is -0.239. The summed E-state index contributed by atoms with van der Waals surface area (Å²) in [6.45, 7) is 8.77. The summed E-state index contributed by atoms with van der Waals surface area (Å²) in [6.07, 6.45) is 1.59. The molecule has 0 heterocycles. The molecule has 0 atom stereocenters. The molecule has 0 radical (unpaired) electrons. The van der Waals surface area contributed by atoms with Crippen molar-refractivity contribution in [1.82, 2.24) is 10.6 Å². The average molecular weight is 348 g/mol. The van der Waals surface area contributed by atoms with Crippen molar-refractivity contribution in [2.75, 3.05) is 27.3 Å². The van der Waals surface area contributed by atoms with Crippen molar-refractivity contribution in [3.8, 4) is 11.5 Å². The fourth-order valence-corrected chi connectivity index (χ4v) is 1.91. The molecule has 1 aromatic carbocycles. The largest absolute Gasteiger partial charge is 0.493 e. The van der Waals surface area contributed by atoms with Gasteiger partial charge in [0.15, 0.2) is 11.5 Å². The summed E-state index contributed by atoms with van der Waals surface area (Å²) in [5, 5.41) is 5.51. The molecule has 0 saturated heterocycles. The van der Waals surface area contributed by atoms with Crippen LogP contribution in [0.4, 0.5) is 0 Å². The topological polar surface area (TPSA) is 76.7 Å². The first-order valence-corrected chi connectivity index (χ1v) is 8.16. The lowest BCUT2D eigenvalue weighted by Gasteiger charge is -2.19. The van der Waals surface area contributed by atoms with E-state index in [-0.39, 0.29) is 17.2 Å². The Hall–Kier alpha value is -2.50. The Morgan fingerprint density at radius 2 is 1.64 bits per heavy atom. The molecule has 0 aliphatic heterocycles. The Kier molecular flexibility index (Phi) is 7.48. The van der Waals surface area contributed by atoms with Gasteiger partial charge in [0.1, 0.15) is 0 Å². The van der Waals surface area contributed by atoms with Crippen molar-refractivity contribution in [1.29, 1.82) is 0 Å². The maximum atomic E-state index is 12.1. The molecule has 2 amide bonds. The van der Waals surface area contributed by atoms with Crippen LogP contribution in [0.15, 0.2) is 29.8 Å². The summed E-state index contributed by atoms with van der Waals surface area (Å²) < 4.78 is 10.3. The molecule has 0 aromatic heterocycles. The van der Waals surface area contributed by atoms with Crippen LogP contribution in [0.3, 0.4) is 0 Å². The quantitative estimate of drug-likeness (QED) is 0.586. The average Bonchev–Trinajstić information content (AvgIpc) is 2.56. The minimum Gasteiger partial charge on any atom is -0.493 e. The minimum absolute atomic E-state index is 0.0427. The van der Waals surface area contributed by atoms with Crippen LogP contribution in [0, 0.1) is 5.41 Å². The van der Waals surface area contributed by atoms with E-state index in [0.29, 0.717) is 30.2 Å². The first-order chi connectivity index (χ1) is 11.7. The van der Waals surface area contributed by atoms with Crippen molar-refractivity contribution in [2.24, 2.45) is 5.41 Å². The van der Waals surface area contributed by atoms with Crippen LogP contribution in [0.5, 0.6) is 11.5 Å². The smallest absolute Gasteiger partial charge is 0.251 e. The fourth-order valence-electron chi connectivity index (χ4n) is 1.91. The molecule has 0 spiro atoms. The molecule has 0 unspecified atom stereocenters. The van der Waals surface area contributed by atoms with Gasteiger partial charge in [-0.2, -0.15) is 0 Å². The molecule has 0 bridgehead atoms. The molecule has 6 nitrogen and oxygen atoms in total. The highest BCUT2D eigenvalue weighted by Gasteiger charge is 2.14. The first kappa shape index (κ1) is 20.5. The molecule has 0 aliphatic carbocycles. The van der Waals surface area contributed by atoms with Gasteiger partial charge < -0.3 is 20.1 Å². The van der Waals surface area contributed by atoms with E-state index in [1.165, 1.54) is 14.2 Å². The highest BCUT2D eigenvalue weighted by Crippen LogP contribution is 2.27. The van der Waals surface area contributed by atoms with E-state index in [1.54, 1.807) is 24.3 Å². The number of allylic oxidation sites excluding steroid dienone is 1. The number of carbonyl (C=O) groups is 2. The summed E-state index contributed by atoms with van der Waals surface area (Å²) in [5.41, 5.74) is 1.42. The molecular formula is C19H28N2O4. The van der Waals surface area contributed by atoms with Crippen molar-refractivity contribution in [2.45, 2.75) is 27.7 Å². The van der Waals surface area contributed by atoms with E-state index in [1.807, 2.05) is 6.92 Å². The SMILES string of the molecule is COc1ccc(C(=O)NCCNC(=O)/C=C(\C)C(C)(C)C)cc1OC. The van der Waals surface area contributed by atoms with Crippen LogP contribution in [0.1, 0.15) is 38.1 Å². The van der Waals surface area contributed by atoms with Crippen LogP contribution in [0.2, 0.25) is 0 Å². The van der Waals surface area contributed by atoms with Crippen molar-refractivity contribution < 1.29 is 19.1 Å². The molecule has 0 fully saturated rings. The van der Waals surface area contributed by atoms with E-state index >= 15 is 0 Å². The molecular weight excluding hydrogens is 320 g/mol. The Morgan fingerprint density at radius 3 is 2.20 bits per heavy atom. The van der Waals surface area contributed by atoms with Crippen LogP contribution in [-0.4, -0.2) is 39.1 Å². The van der Waals surface area contributed by atoms with Crippen LogP contribution in [0.25, 0.3) is 0 Å². The number of methoxy groups -OCH3 is 2. The molecule has 0 aliphatic rings. The van der Waals surface area contributed by atoms with Gasteiger partial charge in [-0.3, -0.25) is 9.59 Å². The zero-order valence-corrected chi connectivity index (χ0v) is 15.9. The summed E-state index contributed by atoms with van der Waals surface area (Å²) in [6, 6.07) is 4.95. The van der Waals surface area contributed by atoms with Gasteiger partial charge in [-0.15, -0.1) is 0 Å². The zero-order chi connectivity index (χ0) is 19.0.